The van der Waals surface area contributed by atoms with Gasteiger partial charge in [0.25, 0.3) is 0 Å². The number of carboxylic acid groups (broad SMARTS) is 1. The van der Waals surface area contributed by atoms with Crippen LogP contribution in [0, 0.1) is 0 Å². The van der Waals surface area contributed by atoms with Gasteiger partial charge in [-0.1, -0.05) is 50.2 Å². The Morgan fingerprint density at radius 3 is 2.31 bits per heavy atom. The lowest BCUT2D eigenvalue weighted by atomic mass is 9.96. The zero-order valence-electron chi connectivity index (χ0n) is 17.5. The Kier molecular flexibility index (Phi) is 5.94. The predicted molar refractivity (Wildman–Crippen MR) is 115 cm³/mol. The predicted octanol–water partition coefficient (Wildman–Crippen LogP) is 3.78. The summed E-state index contributed by atoms with van der Waals surface area (Å²) in [6, 6.07) is 16.8. The van der Waals surface area contributed by atoms with Crippen LogP contribution in [0.15, 0.2) is 48.5 Å². The van der Waals surface area contributed by atoms with E-state index in [1.807, 2.05) is 12.1 Å². The average Bonchev–Trinajstić information content (AvgIpc) is 2.73. The van der Waals surface area contributed by atoms with Crippen molar-refractivity contribution in [2.45, 2.75) is 32.4 Å². The number of hydrogen-bond acceptors (Lipinski definition) is 4. The summed E-state index contributed by atoms with van der Waals surface area (Å²) in [7, 11) is 1.63. The zero-order chi connectivity index (χ0) is 21.2. The number of hydrogen-bond donors (Lipinski definition) is 2. The van der Waals surface area contributed by atoms with Crippen molar-refractivity contribution < 1.29 is 14.7 Å². The fraction of sp³-hybridized carbons (Fsp3) is 0.391. The van der Waals surface area contributed by atoms with Crippen molar-refractivity contribution in [3.63, 3.8) is 0 Å². The minimum Gasteiger partial charge on any atom is -0.465 e. The van der Waals surface area contributed by atoms with Crippen molar-refractivity contribution in [3.8, 4) is 11.1 Å². The first-order valence-corrected chi connectivity index (χ1v) is 9.94. The smallest absolute Gasteiger partial charge is 0.409 e. The normalized spacial score (nSPS) is 19.5. The highest BCUT2D eigenvalue weighted by Gasteiger charge is 2.47. The second kappa shape index (κ2) is 8.25. The largest absolute Gasteiger partial charge is 0.465 e. The first-order valence-electron chi connectivity index (χ1n) is 9.94. The Morgan fingerprint density at radius 2 is 1.76 bits per heavy atom. The van der Waals surface area contributed by atoms with Crippen LogP contribution in [0.25, 0.3) is 11.1 Å². The number of nitrogens with zero attached hydrogens (tertiary/aromatic N) is 2. The van der Waals surface area contributed by atoms with Crippen LogP contribution >= 0.6 is 0 Å². The molecule has 1 saturated heterocycles. The summed E-state index contributed by atoms with van der Waals surface area (Å²) in [6.45, 7) is 6.86. The fourth-order valence-electron chi connectivity index (χ4n) is 3.96. The van der Waals surface area contributed by atoms with Gasteiger partial charge in [0.15, 0.2) is 11.4 Å². The molecule has 1 heterocycles. The van der Waals surface area contributed by atoms with E-state index in [0.29, 0.717) is 12.5 Å². The zero-order valence-corrected chi connectivity index (χ0v) is 17.5. The molecule has 1 unspecified atom stereocenters. The van der Waals surface area contributed by atoms with Gasteiger partial charge in [0.05, 0.1) is 6.54 Å². The summed E-state index contributed by atoms with van der Waals surface area (Å²) in [5, 5.41) is 12.5. The molecule has 1 fully saturated rings. The van der Waals surface area contributed by atoms with Crippen LogP contribution in [-0.4, -0.2) is 54.2 Å². The van der Waals surface area contributed by atoms with Gasteiger partial charge in [-0.15, -0.1) is 0 Å². The van der Waals surface area contributed by atoms with Crippen molar-refractivity contribution in [2.75, 3.05) is 31.6 Å². The number of carbonyl (C=O) groups excluding carboxylic acids is 1. The maximum Gasteiger partial charge on any atom is 0.409 e. The van der Waals surface area contributed by atoms with Crippen LogP contribution < -0.4 is 10.2 Å². The van der Waals surface area contributed by atoms with Crippen LogP contribution in [0.5, 0.6) is 0 Å². The summed E-state index contributed by atoms with van der Waals surface area (Å²) in [6.07, 6.45) is -1.09. The molecular formula is C23H29N3O3. The first-order chi connectivity index (χ1) is 13.8. The van der Waals surface area contributed by atoms with E-state index in [-0.39, 0.29) is 18.9 Å². The quantitative estimate of drug-likeness (QED) is 0.806. The molecule has 2 aromatic rings. The van der Waals surface area contributed by atoms with Gasteiger partial charge < -0.3 is 10.0 Å². The maximum absolute atomic E-state index is 12.4. The second-order valence-corrected chi connectivity index (χ2v) is 7.85. The summed E-state index contributed by atoms with van der Waals surface area (Å²) in [5.41, 5.74) is 3.34. The molecule has 1 aliphatic rings. The summed E-state index contributed by atoms with van der Waals surface area (Å²) in [5.74, 6) is 0.259. The monoisotopic (exact) mass is 395 g/mol. The molecule has 6 nitrogen and oxygen atoms in total. The van der Waals surface area contributed by atoms with E-state index in [9.17, 15) is 14.7 Å². The van der Waals surface area contributed by atoms with Gasteiger partial charge in [-0.25, -0.2) is 4.79 Å². The molecule has 1 aliphatic heterocycles. The molecule has 29 heavy (non-hydrogen) atoms. The number of nitrogens with one attached hydrogen (secondary N) is 1. The fourth-order valence-corrected chi connectivity index (χ4v) is 3.96. The van der Waals surface area contributed by atoms with Crippen LogP contribution in [0.3, 0.4) is 0 Å². The lowest BCUT2D eigenvalue weighted by Crippen LogP contribution is -2.73. The highest BCUT2D eigenvalue weighted by atomic mass is 16.4. The molecule has 2 N–H and O–H groups in total. The van der Waals surface area contributed by atoms with Gasteiger partial charge in [0, 0.05) is 18.8 Å². The van der Waals surface area contributed by atoms with Crippen LogP contribution in [0.1, 0.15) is 32.3 Å². The highest BCUT2D eigenvalue weighted by molar-refractivity contribution is 5.90. The number of rotatable bonds is 5. The molecule has 6 heteroatoms. The summed E-state index contributed by atoms with van der Waals surface area (Å²) < 4.78 is 0. The van der Waals surface area contributed by atoms with Crippen molar-refractivity contribution >= 4 is 17.6 Å². The molecule has 1 amide bonds. The SMILES string of the molecule is CNC1(C(C)=O)CN(c2ccc(-c3cccc(C(C)C)c3)cc2)CCN1C(=O)O. The van der Waals surface area contributed by atoms with Gasteiger partial charge in [-0.2, -0.15) is 0 Å². The summed E-state index contributed by atoms with van der Waals surface area (Å²) >= 11 is 0. The first kappa shape index (κ1) is 20.9. The molecule has 0 aromatic heterocycles. The number of piperazine rings is 1. The molecule has 1 atom stereocenters. The minimum atomic E-state index is -1.24. The third kappa shape index (κ3) is 3.98. The van der Waals surface area contributed by atoms with Gasteiger partial charge >= 0.3 is 6.09 Å². The van der Waals surface area contributed by atoms with Crippen LogP contribution in [0.2, 0.25) is 0 Å². The molecular weight excluding hydrogens is 366 g/mol. The number of benzene rings is 2. The Balaban J connectivity index is 1.86. The Morgan fingerprint density at radius 1 is 1.07 bits per heavy atom. The number of ketones is 1. The second-order valence-electron chi connectivity index (χ2n) is 7.85. The minimum absolute atomic E-state index is 0.214. The van der Waals surface area contributed by atoms with Crippen molar-refractivity contribution in [1.82, 2.24) is 10.2 Å². The van der Waals surface area contributed by atoms with Gasteiger partial charge in [-0.05, 0) is 48.7 Å². The van der Waals surface area contributed by atoms with Gasteiger partial charge in [-0.3, -0.25) is 15.0 Å². The van der Waals surface area contributed by atoms with E-state index in [1.165, 1.54) is 23.0 Å². The third-order valence-electron chi connectivity index (χ3n) is 5.82. The maximum atomic E-state index is 12.4. The molecule has 154 valence electrons. The van der Waals surface area contributed by atoms with Crippen molar-refractivity contribution in [1.29, 1.82) is 0 Å². The van der Waals surface area contributed by atoms with Crippen LogP contribution in [-0.2, 0) is 4.79 Å². The lowest BCUT2D eigenvalue weighted by Gasteiger charge is -2.48. The van der Waals surface area contributed by atoms with E-state index in [0.717, 1.165) is 11.3 Å². The van der Waals surface area contributed by atoms with E-state index < -0.39 is 11.8 Å². The Bertz CT molecular complexity index is 894. The average molecular weight is 396 g/mol. The van der Waals surface area contributed by atoms with E-state index in [2.05, 4.69) is 60.5 Å². The van der Waals surface area contributed by atoms with Gasteiger partial charge in [0.1, 0.15) is 0 Å². The molecule has 3 rings (SSSR count). The molecule has 2 aromatic carbocycles. The number of carbonyl (C=O) groups is 2. The van der Waals surface area contributed by atoms with Crippen LogP contribution in [0.4, 0.5) is 10.5 Å². The molecule has 0 saturated carbocycles. The third-order valence-corrected chi connectivity index (χ3v) is 5.82. The number of likely N-dealkylation sites (N-methyl/N-ethyl adjacent to an activating group) is 1. The standard InChI is InChI=1S/C23H29N3O3/c1-16(2)19-6-5-7-20(14-19)18-8-10-21(11-9-18)25-12-13-26(22(28)29)23(15-25,24-4)17(3)27/h5-11,14,16,24H,12-13,15H2,1-4H3,(H,28,29). The van der Waals surface area contributed by atoms with Crippen molar-refractivity contribution in [2.24, 2.45) is 0 Å². The Hall–Kier alpha value is -2.86. The molecule has 0 bridgehead atoms. The van der Waals surface area contributed by atoms with E-state index in [1.54, 1.807) is 7.05 Å². The molecule has 0 spiro atoms. The highest BCUT2D eigenvalue weighted by Crippen LogP contribution is 2.29. The topological polar surface area (TPSA) is 72.9 Å². The number of Topliss-reactive ketones (excluding diaryl/α,β-unsaturated/α-hetero) is 1. The van der Waals surface area contributed by atoms with Gasteiger partial charge in [0.2, 0.25) is 0 Å². The number of anilines is 1. The molecule has 0 radical (unpaired) electrons. The van der Waals surface area contributed by atoms with Crippen molar-refractivity contribution in [3.05, 3.63) is 54.1 Å². The Labute approximate surface area is 172 Å². The van der Waals surface area contributed by atoms with E-state index >= 15 is 0 Å². The summed E-state index contributed by atoms with van der Waals surface area (Å²) in [4.78, 5) is 27.3. The lowest BCUT2D eigenvalue weighted by molar-refractivity contribution is -0.130. The molecule has 0 aliphatic carbocycles. The van der Waals surface area contributed by atoms with E-state index in [4.69, 9.17) is 0 Å². The number of amides is 1.